The highest BCUT2D eigenvalue weighted by molar-refractivity contribution is 8.00. The number of amides is 3. The van der Waals surface area contributed by atoms with Crippen LogP contribution in [0, 0.1) is 5.92 Å². The summed E-state index contributed by atoms with van der Waals surface area (Å²) < 4.78 is 0.662. The summed E-state index contributed by atoms with van der Waals surface area (Å²) in [6.07, 6.45) is 1.88. The number of hydrogen-bond donors (Lipinski definition) is 3. The third-order valence-electron chi connectivity index (χ3n) is 7.97. The van der Waals surface area contributed by atoms with Gasteiger partial charge < -0.3 is 30.8 Å². The summed E-state index contributed by atoms with van der Waals surface area (Å²) in [4.78, 5) is 51.8. The van der Waals surface area contributed by atoms with Crippen LogP contribution in [-0.2, 0) is 19.2 Å². The number of hydrogen-bond acceptors (Lipinski definition) is 8. The van der Waals surface area contributed by atoms with Crippen molar-refractivity contribution in [2.24, 2.45) is 11.7 Å². The predicted octanol–water partition coefficient (Wildman–Crippen LogP) is 0.173. The van der Waals surface area contributed by atoms with Crippen molar-refractivity contribution in [3.8, 4) is 0 Å². The van der Waals surface area contributed by atoms with Gasteiger partial charge in [0, 0.05) is 34.1 Å². The van der Waals surface area contributed by atoms with E-state index in [4.69, 9.17) is 28.9 Å². The zero-order valence-corrected chi connectivity index (χ0v) is 24.1. The molecule has 4 fully saturated rings. The molecule has 0 spiro atoms. The molecule has 4 N–H and O–H groups in total. The average Bonchev–Trinajstić information content (AvgIpc) is 2.92. The molecular formula is C25H29Cl2N5O5S2. The minimum absolute atomic E-state index is 0.00411. The zero-order chi connectivity index (χ0) is 27.9. The van der Waals surface area contributed by atoms with Gasteiger partial charge in [-0.25, -0.2) is 0 Å². The van der Waals surface area contributed by atoms with Gasteiger partial charge in [-0.05, 0) is 24.1 Å². The number of carboxylic acid groups (broad SMARTS) is 1. The van der Waals surface area contributed by atoms with Gasteiger partial charge in [0.15, 0.2) is 0 Å². The normalized spacial score (nSPS) is 29.5. The quantitative estimate of drug-likeness (QED) is 0.203. The predicted molar refractivity (Wildman–Crippen MR) is 148 cm³/mol. The first-order chi connectivity index (χ1) is 18.6. The Morgan fingerprint density at radius 2 is 1.92 bits per heavy atom. The molecule has 1 aromatic carbocycles. The van der Waals surface area contributed by atoms with Gasteiger partial charge >= 0.3 is 0 Å². The topological polar surface area (TPSA) is 145 Å². The van der Waals surface area contributed by atoms with Crippen LogP contribution in [0.15, 0.2) is 34.4 Å². The van der Waals surface area contributed by atoms with E-state index in [-0.39, 0.29) is 35.9 Å². The fraction of sp³-hybridized carbons (Fsp3) is 0.520. The number of thioether (sulfide) groups is 2. The Labute approximate surface area is 244 Å². The number of quaternary nitrogens is 1. The molecule has 0 radical (unpaired) electrons. The molecule has 1 unspecified atom stereocenters. The number of rotatable bonds is 9. The molecule has 3 atom stereocenters. The highest BCUT2D eigenvalue weighted by Gasteiger charge is 2.54. The van der Waals surface area contributed by atoms with Gasteiger partial charge in [0.2, 0.25) is 11.8 Å². The first-order valence-electron chi connectivity index (χ1n) is 12.7. The molecule has 210 valence electrons. The minimum atomic E-state index is -1.39. The van der Waals surface area contributed by atoms with Crippen molar-refractivity contribution >= 4 is 70.4 Å². The number of nitrogens with zero attached hydrogens (tertiary/aromatic N) is 2. The Bertz CT molecular complexity index is 1240. The lowest BCUT2D eigenvalue weighted by molar-refractivity contribution is -0.939. The summed E-state index contributed by atoms with van der Waals surface area (Å²) in [5.74, 6) is -1.56. The Balaban J connectivity index is 1.25. The molecule has 5 aliphatic rings. The van der Waals surface area contributed by atoms with E-state index in [0.29, 0.717) is 49.8 Å². The second kappa shape index (κ2) is 11.5. The highest BCUT2D eigenvalue weighted by Crippen LogP contribution is 2.42. The van der Waals surface area contributed by atoms with E-state index in [1.807, 2.05) is 0 Å². The van der Waals surface area contributed by atoms with E-state index in [1.165, 1.54) is 28.4 Å². The van der Waals surface area contributed by atoms with Crippen molar-refractivity contribution in [2.45, 2.75) is 35.2 Å². The summed E-state index contributed by atoms with van der Waals surface area (Å²) in [7, 11) is 0. The number of halogens is 2. The number of nitrogens with two attached hydrogens (primary N) is 1. The summed E-state index contributed by atoms with van der Waals surface area (Å²) in [6, 6.07) is 4.16. The molecule has 5 heterocycles. The maximum absolute atomic E-state index is 13.1. The summed E-state index contributed by atoms with van der Waals surface area (Å²) in [5.41, 5.74) is 6.06. The maximum Gasteiger partial charge on any atom is 0.253 e. The maximum atomic E-state index is 13.1. The smallest absolute Gasteiger partial charge is 0.253 e. The van der Waals surface area contributed by atoms with E-state index >= 15 is 0 Å². The van der Waals surface area contributed by atoms with E-state index in [2.05, 4.69) is 10.6 Å². The SMILES string of the molecule is NCC(=O)NC1C[N+]2(CC3=C(C(=O)[O-])N4C(=O)[C@@H](NC(=O)CSc5cc(Cl)ccc5Cl)[C@H]4SC3)CCC1CC2. The number of nitrogens with one attached hydrogen (secondary N) is 2. The number of carbonyl (C=O) groups is 4. The molecule has 0 aliphatic carbocycles. The van der Waals surface area contributed by atoms with Gasteiger partial charge in [-0.15, -0.1) is 23.5 Å². The van der Waals surface area contributed by atoms with Crippen LogP contribution < -0.4 is 21.5 Å². The Morgan fingerprint density at radius 1 is 1.18 bits per heavy atom. The minimum Gasteiger partial charge on any atom is -0.543 e. The fourth-order valence-electron chi connectivity index (χ4n) is 6.08. The third-order valence-corrected chi connectivity index (χ3v) is 11.0. The third kappa shape index (κ3) is 5.77. The van der Waals surface area contributed by atoms with E-state index < -0.39 is 23.3 Å². The highest BCUT2D eigenvalue weighted by atomic mass is 35.5. The molecule has 2 bridgehead atoms. The summed E-state index contributed by atoms with van der Waals surface area (Å²) in [6.45, 7) is 2.89. The lowest BCUT2D eigenvalue weighted by Crippen LogP contribution is -2.72. The second-order valence-electron chi connectivity index (χ2n) is 10.4. The van der Waals surface area contributed by atoms with Gasteiger partial charge in [0.1, 0.15) is 18.0 Å². The number of carboxylic acids is 1. The number of piperidine rings is 3. The molecule has 4 saturated heterocycles. The molecule has 0 aromatic heterocycles. The molecule has 3 amide bonds. The number of benzene rings is 1. The second-order valence-corrected chi connectivity index (χ2v) is 13.4. The Hall–Kier alpha value is -1.96. The molecule has 10 nitrogen and oxygen atoms in total. The molecule has 39 heavy (non-hydrogen) atoms. The van der Waals surface area contributed by atoms with Crippen LogP contribution in [-0.4, -0.2) is 94.8 Å². The lowest BCUT2D eigenvalue weighted by Gasteiger charge is -2.55. The van der Waals surface area contributed by atoms with Crippen molar-refractivity contribution in [3.63, 3.8) is 0 Å². The van der Waals surface area contributed by atoms with Gasteiger partial charge in [-0.2, -0.15) is 0 Å². The van der Waals surface area contributed by atoms with Crippen molar-refractivity contribution in [2.75, 3.05) is 44.2 Å². The Morgan fingerprint density at radius 3 is 2.62 bits per heavy atom. The molecule has 14 heteroatoms. The van der Waals surface area contributed by atoms with Crippen LogP contribution in [0.25, 0.3) is 0 Å². The molecule has 1 aromatic rings. The monoisotopic (exact) mass is 613 g/mol. The van der Waals surface area contributed by atoms with Gasteiger partial charge in [0.25, 0.3) is 5.91 Å². The number of β-lactam (4-membered cyclic amide) rings is 1. The first-order valence-corrected chi connectivity index (χ1v) is 15.5. The fourth-order valence-corrected chi connectivity index (χ4v) is 8.72. The molecule has 6 rings (SSSR count). The van der Waals surface area contributed by atoms with E-state index in [0.717, 1.165) is 25.9 Å². The van der Waals surface area contributed by atoms with Gasteiger partial charge in [0.05, 0.1) is 54.7 Å². The first kappa shape index (κ1) is 28.6. The molecule has 0 saturated carbocycles. The van der Waals surface area contributed by atoms with Crippen LogP contribution in [0.4, 0.5) is 0 Å². The van der Waals surface area contributed by atoms with Crippen molar-refractivity contribution < 1.29 is 28.8 Å². The largest absolute Gasteiger partial charge is 0.543 e. The standard InChI is InChI=1S/C25H29Cl2N5O5S2/c26-15-1-2-16(27)18(7-15)38-12-20(34)30-21-23(35)31-22(25(36)37)14(11-39-24(21)31)9-32-5-3-13(4-6-32)17(10-32)29-19(33)8-28/h1-2,7,13,17,21,24H,3-6,8-12,28H2,(H2-,29,30,33,34,36,37)/t13?,17?,21-,24-,32?/m1/s1. The summed E-state index contributed by atoms with van der Waals surface area (Å²) >= 11 is 14.8. The number of fused-ring (bicyclic) bond motifs is 4. The average molecular weight is 615 g/mol. The van der Waals surface area contributed by atoms with Crippen LogP contribution in [0.3, 0.4) is 0 Å². The van der Waals surface area contributed by atoms with Crippen molar-refractivity contribution in [3.05, 3.63) is 39.5 Å². The van der Waals surface area contributed by atoms with Crippen molar-refractivity contribution in [1.82, 2.24) is 15.5 Å². The zero-order valence-electron chi connectivity index (χ0n) is 21.0. The summed E-state index contributed by atoms with van der Waals surface area (Å²) in [5, 5.41) is 18.5. The molecular weight excluding hydrogens is 585 g/mol. The molecule has 5 aliphatic heterocycles. The van der Waals surface area contributed by atoms with Crippen LogP contribution in [0.2, 0.25) is 10.0 Å². The van der Waals surface area contributed by atoms with Gasteiger partial charge in [-0.1, -0.05) is 23.2 Å². The van der Waals surface area contributed by atoms with Gasteiger partial charge in [-0.3, -0.25) is 19.3 Å². The van der Waals surface area contributed by atoms with Crippen LogP contribution >= 0.6 is 46.7 Å². The van der Waals surface area contributed by atoms with Crippen LogP contribution in [0.5, 0.6) is 0 Å². The Kier molecular flexibility index (Phi) is 8.42. The van der Waals surface area contributed by atoms with E-state index in [1.54, 1.807) is 18.2 Å². The number of carbonyl (C=O) groups excluding carboxylic acids is 4. The number of aliphatic carboxylic acids is 1. The lowest BCUT2D eigenvalue weighted by atomic mass is 9.81. The van der Waals surface area contributed by atoms with Crippen LogP contribution in [0.1, 0.15) is 12.8 Å². The van der Waals surface area contributed by atoms with E-state index in [9.17, 15) is 24.3 Å². The van der Waals surface area contributed by atoms with Crippen molar-refractivity contribution in [1.29, 1.82) is 0 Å².